The first-order valence-corrected chi connectivity index (χ1v) is 6.21. The topological polar surface area (TPSA) is 119 Å². The first kappa shape index (κ1) is 15.3. The summed E-state index contributed by atoms with van der Waals surface area (Å²) in [5, 5.41) is 9.04. The van der Waals surface area contributed by atoms with Crippen LogP contribution in [0.15, 0.2) is 11.1 Å². The van der Waals surface area contributed by atoms with E-state index in [1.807, 2.05) is 0 Å². The summed E-state index contributed by atoms with van der Waals surface area (Å²) in [5.41, 5.74) is 5.79. The van der Waals surface area contributed by atoms with Crippen molar-refractivity contribution in [2.45, 2.75) is 25.2 Å². The zero-order valence-corrected chi connectivity index (χ0v) is 11.0. The normalized spacial score (nSPS) is 21.3. The first-order chi connectivity index (χ1) is 10.1. The fraction of sp³-hybridized carbons (Fsp3) is 0.545. The molecule has 1 saturated heterocycles. The van der Waals surface area contributed by atoms with E-state index in [1.54, 1.807) is 4.57 Å². The molecule has 0 bridgehead atoms. The number of fused-ring (bicyclic) bond motifs is 1. The zero-order chi connectivity index (χ0) is 15.4. The van der Waals surface area contributed by atoms with Gasteiger partial charge in [0.05, 0.1) is 19.0 Å². The van der Waals surface area contributed by atoms with Crippen LogP contribution in [0.1, 0.15) is 19.1 Å². The lowest BCUT2D eigenvalue weighted by molar-refractivity contribution is -0.0207. The highest BCUT2D eigenvalue weighted by Gasteiger charge is 2.27. The highest BCUT2D eigenvalue weighted by Crippen LogP contribution is 2.29. The number of anilines is 1. The number of nitrogens with zero attached hydrogens (tertiary/aromatic N) is 3. The van der Waals surface area contributed by atoms with Crippen molar-refractivity contribution in [2.24, 2.45) is 0 Å². The summed E-state index contributed by atoms with van der Waals surface area (Å²) >= 11 is 0. The van der Waals surface area contributed by atoms with Crippen molar-refractivity contribution in [3.63, 3.8) is 0 Å². The van der Waals surface area contributed by atoms with E-state index in [0.29, 0.717) is 5.65 Å². The maximum atomic E-state index is 11.6. The molecule has 0 aliphatic carbocycles. The Morgan fingerprint density at radius 3 is 2.86 bits per heavy atom. The molecular weight excluding hydrogens is 288 g/mol. The molecule has 3 rings (SSSR count). The molecule has 1 aliphatic heterocycles. The second-order valence-corrected chi connectivity index (χ2v) is 4.35. The van der Waals surface area contributed by atoms with Crippen LogP contribution in [0.4, 0.5) is 14.7 Å². The van der Waals surface area contributed by atoms with Crippen molar-refractivity contribution in [3.05, 3.63) is 16.7 Å². The minimum Gasteiger partial charge on any atom is -0.394 e. The van der Waals surface area contributed by atoms with Crippen LogP contribution in [0.3, 0.4) is 0 Å². The molecule has 0 saturated carbocycles. The molecule has 0 amide bonds. The third-order valence-corrected chi connectivity index (χ3v) is 3.05. The Morgan fingerprint density at radius 1 is 1.52 bits per heavy atom. The predicted molar refractivity (Wildman–Crippen MR) is 69.9 cm³/mol. The smallest absolute Gasteiger partial charge is 0.280 e. The second-order valence-electron chi connectivity index (χ2n) is 4.35. The van der Waals surface area contributed by atoms with Gasteiger partial charge in [0.25, 0.3) is 5.56 Å². The maximum Gasteiger partial charge on any atom is 0.280 e. The van der Waals surface area contributed by atoms with Crippen LogP contribution >= 0.6 is 0 Å². The Bertz CT molecular complexity index is 659. The number of H-pyrrole nitrogens is 1. The molecule has 1 fully saturated rings. The van der Waals surface area contributed by atoms with Gasteiger partial charge < -0.3 is 15.6 Å². The summed E-state index contributed by atoms with van der Waals surface area (Å²) in [6.45, 7) is -1.76. The van der Waals surface area contributed by atoms with Gasteiger partial charge in [0.1, 0.15) is 6.23 Å². The Labute approximate surface area is 117 Å². The van der Waals surface area contributed by atoms with Crippen molar-refractivity contribution in [2.75, 3.05) is 19.3 Å². The Kier molecular flexibility index (Phi) is 4.81. The lowest BCUT2D eigenvalue weighted by Crippen LogP contribution is -2.16. The van der Waals surface area contributed by atoms with Crippen molar-refractivity contribution in [1.29, 1.82) is 0 Å². The standard InChI is InChI=1S/C10H13N5O3.CH2F2/c11-10-13-8-7(9(17)14-10)12-4-15(8)6-2-1-5(3-16)18-6;2-1-3/h4-6,16H,1-3H2,(H3,11,13,14,17);1H2. The van der Waals surface area contributed by atoms with Crippen LogP contribution in [0.5, 0.6) is 0 Å². The van der Waals surface area contributed by atoms with E-state index < -0.39 is 6.93 Å². The number of alkyl halides is 2. The Balaban J connectivity index is 0.000000497. The third-order valence-electron chi connectivity index (χ3n) is 3.05. The summed E-state index contributed by atoms with van der Waals surface area (Å²) < 4.78 is 26.5. The van der Waals surface area contributed by atoms with Gasteiger partial charge in [-0.15, -0.1) is 0 Å². The quantitative estimate of drug-likeness (QED) is 0.732. The van der Waals surface area contributed by atoms with E-state index in [2.05, 4.69) is 15.0 Å². The number of halogens is 2. The molecule has 0 radical (unpaired) electrons. The van der Waals surface area contributed by atoms with Crippen LogP contribution in [0.2, 0.25) is 0 Å². The zero-order valence-electron chi connectivity index (χ0n) is 11.0. The van der Waals surface area contributed by atoms with E-state index in [1.165, 1.54) is 6.33 Å². The van der Waals surface area contributed by atoms with Crippen molar-refractivity contribution < 1.29 is 18.6 Å². The number of nitrogens with one attached hydrogen (secondary N) is 1. The van der Waals surface area contributed by atoms with E-state index >= 15 is 0 Å². The molecule has 2 unspecified atom stereocenters. The molecular formula is C11H15F2N5O3. The van der Waals surface area contributed by atoms with E-state index in [4.69, 9.17) is 15.6 Å². The van der Waals surface area contributed by atoms with Gasteiger partial charge >= 0.3 is 0 Å². The molecule has 0 spiro atoms. The molecule has 1 aliphatic rings. The van der Waals surface area contributed by atoms with Gasteiger partial charge in [-0.05, 0) is 12.8 Å². The van der Waals surface area contributed by atoms with Crippen LogP contribution in [-0.4, -0.2) is 44.3 Å². The van der Waals surface area contributed by atoms with Gasteiger partial charge in [0.2, 0.25) is 12.9 Å². The highest BCUT2D eigenvalue weighted by molar-refractivity contribution is 5.70. The molecule has 0 aromatic carbocycles. The van der Waals surface area contributed by atoms with E-state index in [-0.39, 0.29) is 36.0 Å². The SMILES string of the molecule is FCF.Nc1nc2c(ncn2C2CCC(CO)O2)c(=O)[nH]1. The molecule has 2 atom stereocenters. The largest absolute Gasteiger partial charge is 0.394 e. The number of rotatable bonds is 2. The number of ether oxygens (including phenoxy) is 1. The van der Waals surface area contributed by atoms with E-state index in [0.717, 1.165) is 12.8 Å². The fourth-order valence-corrected chi connectivity index (χ4v) is 2.18. The average Bonchev–Trinajstić information content (AvgIpc) is 3.05. The number of hydrogen-bond acceptors (Lipinski definition) is 6. The van der Waals surface area contributed by atoms with Gasteiger partial charge in [-0.25, -0.2) is 13.8 Å². The lowest BCUT2D eigenvalue weighted by Gasteiger charge is -2.13. The third kappa shape index (κ3) is 3.16. The average molecular weight is 303 g/mol. The predicted octanol–water partition coefficient (Wildman–Crippen LogP) is 0.255. The number of aliphatic hydroxyl groups is 1. The van der Waals surface area contributed by atoms with Crippen LogP contribution in [0.25, 0.3) is 11.2 Å². The number of nitrogen functional groups attached to an aromatic ring is 1. The van der Waals surface area contributed by atoms with Crippen molar-refractivity contribution >= 4 is 17.1 Å². The van der Waals surface area contributed by atoms with Crippen molar-refractivity contribution in [3.8, 4) is 0 Å². The molecule has 4 N–H and O–H groups in total. The van der Waals surface area contributed by atoms with Crippen LogP contribution in [0, 0.1) is 0 Å². The monoisotopic (exact) mass is 303 g/mol. The van der Waals surface area contributed by atoms with E-state index in [9.17, 15) is 13.6 Å². The summed E-state index contributed by atoms with van der Waals surface area (Å²) in [5.74, 6) is 0.0472. The van der Waals surface area contributed by atoms with Crippen molar-refractivity contribution in [1.82, 2.24) is 19.5 Å². The molecule has 2 aromatic heterocycles. The maximum absolute atomic E-state index is 11.6. The molecule has 8 nitrogen and oxygen atoms in total. The number of aliphatic hydroxyl groups excluding tert-OH is 1. The van der Waals surface area contributed by atoms with Gasteiger partial charge in [0.15, 0.2) is 11.2 Å². The number of aromatic amines is 1. The summed E-state index contributed by atoms with van der Waals surface area (Å²) in [6.07, 6.45) is 2.58. The molecule has 21 heavy (non-hydrogen) atoms. The number of aromatic nitrogens is 4. The Hall–Kier alpha value is -2.07. The molecule has 116 valence electrons. The van der Waals surface area contributed by atoms with Gasteiger partial charge in [-0.3, -0.25) is 14.3 Å². The van der Waals surface area contributed by atoms with Gasteiger partial charge in [-0.1, -0.05) is 0 Å². The first-order valence-electron chi connectivity index (χ1n) is 6.21. The molecule has 3 heterocycles. The Morgan fingerprint density at radius 2 is 2.24 bits per heavy atom. The lowest BCUT2D eigenvalue weighted by atomic mass is 10.2. The number of hydrogen-bond donors (Lipinski definition) is 3. The van der Waals surface area contributed by atoms with Crippen LogP contribution < -0.4 is 11.3 Å². The second kappa shape index (κ2) is 6.59. The van der Waals surface area contributed by atoms with Gasteiger partial charge in [0, 0.05) is 0 Å². The number of imidazole rings is 1. The number of nitrogens with two attached hydrogens (primary N) is 1. The highest BCUT2D eigenvalue weighted by atomic mass is 19.3. The van der Waals surface area contributed by atoms with Gasteiger partial charge in [-0.2, -0.15) is 4.98 Å². The minimum absolute atomic E-state index is 0.0146. The summed E-state index contributed by atoms with van der Waals surface area (Å²) in [6, 6.07) is 0. The minimum atomic E-state index is -1.75. The van der Waals surface area contributed by atoms with Crippen LogP contribution in [-0.2, 0) is 4.74 Å². The fourth-order valence-electron chi connectivity index (χ4n) is 2.18. The summed E-state index contributed by atoms with van der Waals surface area (Å²) in [7, 11) is 0. The molecule has 10 heteroatoms. The molecule has 2 aromatic rings. The summed E-state index contributed by atoms with van der Waals surface area (Å²) in [4.78, 5) is 22.1.